The highest BCUT2D eigenvalue weighted by atomic mass is 19.4. The number of carbonyl (C=O) groups excluding carboxylic acids is 3. The zero-order valence-electron chi connectivity index (χ0n) is 78.0. The van der Waals surface area contributed by atoms with Crippen molar-refractivity contribution in [1.82, 2.24) is 59.3 Å². The average Bonchev–Trinajstić information content (AvgIpc) is 1.77. The van der Waals surface area contributed by atoms with Gasteiger partial charge in [-0.15, -0.1) is 0 Å². The smallest absolute Gasteiger partial charge is 0.417 e. The molecule has 6 aromatic carbocycles. The highest BCUT2D eigenvalue weighted by Crippen LogP contribution is 2.48. The van der Waals surface area contributed by atoms with E-state index < -0.39 is 65.1 Å². The van der Waals surface area contributed by atoms with Crippen molar-refractivity contribution in [2.24, 2.45) is 0 Å². The largest absolute Gasteiger partial charge is 0.462 e. The predicted molar refractivity (Wildman–Crippen MR) is 511 cm³/mol. The number of halogens is 6. The third-order valence-corrected chi connectivity index (χ3v) is 28.8. The number of aromatic nitrogens is 6. The lowest BCUT2D eigenvalue weighted by atomic mass is 9.93. The first-order valence-electron chi connectivity index (χ1n) is 47.6. The van der Waals surface area contributed by atoms with Gasteiger partial charge in [0.15, 0.2) is 17.5 Å². The zero-order chi connectivity index (χ0) is 95.3. The number of likely N-dealkylation sites (N-methyl/N-ethyl adjacent to an activating group) is 3. The second-order valence-corrected chi connectivity index (χ2v) is 37.7. The summed E-state index contributed by atoms with van der Waals surface area (Å²) in [6, 6.07) is 42.3. The molecule has 1 aliphatic carbocycles. The minimum Gasteiger partial charge on any atom is -0.462 e. The van der Waals surface area contributed by atoms with Crippen LogP contribution in [0.1, 0.15) is 147 Å². The van der Waals surface area contributed by atoms with Crippen LogP contribution >= 0.6 is 0 Å². The van der Waals surface area contributed by atoms with Crippen LogP contribution in [0.4, 0.5) is 60.9 Å². The zero-order valence-corrected chi connectivity index (χ0v) is 78.0. The topological polar surface area (TPSA) is 266 Å². The van der Waals surface area contributed by atoms with Gasteiger partial charge in [0, 0.05) is 147 Å². The Balaban J connectivity index is 0.000000142. The number of piperazine rings is 3. The number of benzene rings is 6. The molecule has 6 atom stereocenters. The fraction of sp³-hybridized carbons (Fsp3) is 0.476. The Morgan fingerprint density at radius 3 is 1.07 bits per heavy atom. The van der Waals surface area contributed by atoms with E-state index in [1.54, 1.807) is 24.3 Å². The van der Waals surface area contributed by atoms with Gasteiger partial charge in [0.1, 0.15) is 37.3 Å². The predicted octanol–water partition coefficient (Wildman–Crippen LogP) is 15.3. The summed E-state index contributed by atoms with van der Waals surface area (Å²) in [5, 5.41) is 34.3. The Hall–Kier alpha value is -12.9. The number of hydrogen-bond acceptors (Lipinski definition) is 24. The van der Waals surface area contributed by atoms with Crippen LogP contribution < -0.4 is 43.6 Å². The molecule has 1 saturated carbocycles. The summed E-state index contributed by atoms with van der Waals surface area (Å²) >= 11 is 0. The number of hydrogen-bond donors (Lipinski definition) is 0. The fourth-order valence-corrected chi connectivity index (χ4v) is 21.4. The standard InChI is InChI=1S/C35H40FN7O2.C35H42FN7O2.C33H35F4N7O2/c1-23(36)34(44)43-19-18-42(20-26(43)13-15-37)33-29-14-17-41(21-30(29)38-35(39-33)45-22-27-8-5-16-40(27)2)31-10-4-7-25-6-3-9-28(32(25)31)24-11-12-24;1-23(2)28-11-5-8-25-9-6-12-31(32(25)28)41-17-14-29-30(21-41)38-35(45-22-27-10-7-16-40(27)4)39-33(29)42-18-19-43(34(44)24(3)36)26(20-42)13-15-37;1-21(34)31(45)44-17-16-43(18-23(44)11-13-38)30-25-12-15-42(19-27(25)39-32(40-30)46-20-24-8-5-14-41(24)2)28-10-4-7-22-6-3-9-26(29(22)28)33(35,36)37/h3-4,6-7,9-10,24,26-27H,1,5,8,11-14,16-22H2,2H3;5-6,8-9,11-12,23,26-27H,3,7,10,13-14,16-22H2,1-2,4H3;3-4,6-7,9-10,23-24H,1,5,8,11-12,14-20H2,2H3/t2*26-,27-;23-,24-/m000/s1. The molecule has 712 valence electrons. The molecule has 0 N–H and O–H groups in total. The number of rotatable bonds is 23. The van der Waals surface area contributed by atoms with Crippen LogP contribution in [-0.4, -0.2) is 252 Å². The van der Waals surface area contributed by atoms with Crippen molar-refractivity contribution >= 4 is 84.6 Å². The Morgan fingerprint density at radius 1 is 0.412 bits per heavy atom. The molecule has 7 fully saturated rings. The summed E-state index contributed by atoms with van der Waals surface area (Å²) in [7, 11) is 6.29. The van der Waals surface area contributed by atoms with E-state index in [9.17, 15) is 56.5 Å². The summed E-state index contributed by atoms with van der Waals surface area (Å²) in [5.41, 5.74) is 10.5. The van der Waals surface area contributed by atoms with E-state index in [0.717, 1.165) is 130 Å². The van der Waals surface area contributed by atoms with E-state index in [0.29, 0.717) is 137 Å². The SMILES string of the molecule is C=C(F)C(=O)N1CCN(c2nc(OC[C@@H]3CCCN3C)nc3c2CCN(c2cccc4cccc(C(C)C)c24)C3)C[C@@H]1CC#N.C=C(F)C(=O)N1CCN(c2nc(OC[C@@H]3CCCN3C)nc3c2CCN(c2cccc4cccc(C(F)(F)F)c24)C3)C[C@@H]1CC#N.C=C(F)C(=O)N1CCN(c2nc(OC[C@@H]3CCCN3C)nc3c2CCN(c2cccc4cccc(C5CC5)c24)C3)C[C@@H]1CC#N. The molecule has 0 spiro atoms. The van der Waals surface area contributed by atoms with Gasteiger partial charge < -0.3 is 73.0 Å². The lowest BCUT2D eigenvalue weighted by Crippen LogP contribution is -2.55. The van der Waals surface area contributed by atoms with Gasteiger partial charge in [0.2, 0.25) is 0 Å². The summed E-state index contributed by atoms with van der Waals surface area (Å²) < 4.78 is 103. The van der Waals surface area contributed by atoms with Crippen LogP contribution in [0.5, 0.6) is 18.0 Å². The quantitative estimate of drug-likeness (QED) is 0.0425. The van der Waals surface area contributed by atoms with Crippen molar-refractivity contribution < 1.29 is 54.9 Å². The monoisotopic (exact) mass is 1860 g/mol. The van der Waals surface area contributed by atoms with E-state index in [1.807, 2.05) is 16.8 Å². The molecule has 9 aromatic rings. The number of nitriles is 3. The molecule has 136 heavy (non-hydrogen) atoms. The third kappa shape index (κ3) is 20.5. The van der Waals surface area contributed by atoms with E-state index >= 15 is 0 Å². The van der Waals surface area contributed by atoms with Crippen molar-refractivity contribution in [3.63, 3.8) is 0 Å². The maximum absolute atomic E-state index is 14.1. The summed E-state index contributed by atoms with van der Waals surface area (Å²) in [5.74, 6) is -2.23. The first kappa shape index (κ1) is 94.8. The lowest BCUT2D eigenvalue weighted by molar-refractivity contribution is -0.136. The minimum absolute atomic E-state index is 0.00341. The number of ether oxygens (including phenoxy) is 3. The highest BCUT2D eigenvalue weighted by molar-refractivity contribution is 6.00. The molecule has 0 radical (unpaired) electrons. The van der Waals surface area contributed by atoms with Gasteiger partial charge >= 0.3 is 24.2 Å². The van der Waals surface area contributed by atoms with Gasteiger partial charge in [-0.1, -0.05) is 119 Å². The average molecular weight is 1860 g/mol. The maximum atomic E-state index is 14.1. The first-order valence-corrected chi connectivity index (χ1v) is 47.6. The molecule has 0 bridgehead atoms. The number of nitrogens with zero attached hydrogens (tertiary/aromatic N) is 21. The molecule has 10 aliphatic rings. The van der Waals surface area contributed by atoms with Gasteiger partial charge in [-0.05, 0) is 175 Å². The van der Waals surface area contributed by atoms with Gasteiger partial charge in [0.05, 0.1) is 97.9 Å². The van der Waals surface area contributed by atoms with Crippen molar-refractivity contribution in [3.05, 3.63) is 197 Å². The lowest BCUT2D eigenvalue weighted by Gasteiger charge is -2.42. The number of fused-ring (bicyclic) bond motifs is 6. The number of carbonyl (C=O) groups is 3. The molecule has 3 amide bonds. The third-order valence-electron chi connectivity index (χ3n) is 28.8. The van der Waals surface area contributed by atoms with E-state index in [1.165, 1.54) is 77.7 Å². The molecule has 33 heteroatoms. The molecule has 6 saturated heterocycles. The molecule has 9 aliphatic heterocycles. The van der Waals surface area contributed by atoms with Crippen molar-refractivity contribution in [3.8, 4) is 36.2 Å². The molecule has 12 heterocycles. The van der Waals surface area contributed by atoms with Gasteiger partial charge in [0.25, 0.3) is 17.7 Å². The van der Waals surface area contributed by atoms with Crippen LogP contribution in [0.15, 0.2) is 146 Å². The molecular formula is C103H117F6N21O6. The molecule has 19 rings (SSSR count). The Kier molecular flexibility index (Phi) is 28.8. The van der Waals surface area contributed by atoms with Crippen LogP contribution in [0.25, 0.3) is 32.3 Å². The van der Waals surface area contributed by atoms with Gasteiger partial charge in [-0.25, -0.2) is 13.2 Å². The Bertz CT molecular complexity index is 5910. The second-order valence-electron chi connectivity index (χ2n) is 37.7. The molecule has 3 aromatic heterocycles. The normalized spacial score (nSPS) is 20.9. The number of likely N-dealkylation sites (tertiary alicyclic amines) is 3. The summed E-state index contributed by atoms with van der Waals surface area (Å²) in [6.07, 6.45) is 6.59. The number of amides is 3. The molecular weight excluding hydrogens is 1740 g/mol. The van der Waals surface area contributed by atoms with Crippen LogP contribution in [0, 0.1) is 34.0 Å². The Labute approximate surface area is 789 Å². The van der Waals surface area contributed by atoms with Crippen LogP contribution in [0.3, 0.4) is 0 Å². The fourth-order valence-electron chi connectivity index (χ4n) is 21.4. The van der Waals surface area contributed by atoms with E-state index in [4.69, 9.17) is 44.1 Å². The minimum atomic E-state index is -4.52. The highest BCUT2D eigenvalue weighted by Gasteiger charge is 2.42. The van der Waals surface area contributed by atoms with E-state index in [2.05, 4.69) is 173 Å². The molecule has 0 unspecified atom stereocenters. The number of anilines is 6. The summed E-state index contributed by atoms with van der Waals surface area (Å²) in [6.45, 7) is 25.0. The number of alkyl halides is 3. The maximum Gasteiger partial charge on any atom is 0.417 e. The Morgan fingerprint density at radius 2 is 0.743 bits per heavy atom. The van der Waals surface area contributed by atoms with Crippen molar-refractivity contribution in [1.29, 1.82) is 15.8 Å². The van der Waals surface area contributed by atoms with Gasteiger partial charge in [-0.3, -0.25) is 14.4 Å². The summed E-state index contributed by atoms with van der Waals surface area (Å²) in [4.78, 5) is 91.1. The van der Waals surface area contributed by atoms with Crippen molar-refractivity contribution in [2.75, 3.05) is 169 Å². The van der Waals surface area contributed by atoms with Crippen LogP contribution in [0.2, 0.25) is 0 Å². The van der Waals surface area contributed by atoms with Crippen LogP contribution in [-0.2, 0) is 59.5 Å². The van der Waals surface area contributed by atoms with E-state index in [-0.39, 0.29) is 69.4 Å². The molecule has 27 nitrogen and oxygen atoms in total. The van der Waals surface area contributed by atoms with Gasteiger partial charge in [-0.2, -0.15) is 58.9 Å². The second kappa shape index (κ2) is 41.3. The van der Waals surface area contributed by atoms with Crippen molar-refractivity contribution in [2.45, 2.75) is 178 Å². The first-order chi connectivity index (χ1) is 65.7.